The number of anilines is 1. The van der Waals surface area contributed by atoms with Crippen LogP contribution >= 0.6 is 11.6 Å². The van der Waals surface area contributed by atoms with E-state index >= 15 is 0 Å². The first-order chi connectivity index (χ1) is 9.42. The van der Waals surface area contributed by atoms with E-state index in [0.29, 0.717) is 11.6 Å². The molecule has 1 saturated heterocycles. The van der Waals surface area contributed by atoms with E-state index in [2.05, 4.69) is 17.1 Å². The molecule has 0 radical (unpaired) electrons. The minimum absolute atomic E-state index is 0.0657. The summed E-state index contributed by atoms with van der Waals surface area (Å²) in [7, 11) is 3.59. The van der Waals surface area contributed by atoms with E-state index in [1.807, 2.05) is 7.05 Å². The molecular weight excluding hydrogens is 278 g/mol. The Bertz CT molecular complexity index is 570. The number of nitrogens with zero attached hydrogens (tertiary/aromatic N) is 2. The minimum atomic E-state index is -0.197. The zero-order valence-electron chi connectivity index (χ0n) is 12.0. The van der Waals surface area contributed by atoms with Gasteiger partial charge in [0.05, 0.1) is 16.8 Å². The van der Waals surface area contributed by atoms with Crippen molar-refractivity contribution in [1.82, 2.24) is 9.47 Å². The molecule has 1 N–H and O–H groups in total. The number of likely N-dealkylation sites (tertiary alicyclic amines) is 1. The number of carbonyl (C=O) groups excluding carboxylic acids is 1. The van der Waals surface area contributed by atoms with Crippen molar-refractivity contribution in [2.45, 2.75) is 25.8 Å². The molecule has 1 aromatic rings. The normalized spacial score (nSPS) is 23.0. The lowest BCUT2D eigenvalue weighted by Crippen LogP contribution is -2.37. The number of halogens is 1. The van der Waals surface area contributed by atoms with Gasteiger partial charge < -0.3 is 9.88 Å². The first-order valence-corrected chi connectivity index (χ1v) is 7.17. The summed E-state index contributed by atoms with van der Waals surface area (Å²) in [6.45, 7) is 3.08. The van der Waals surface area contributed by atoms with E-state index < -0.39 is 0 Å². The van der Waals surface area contributed by atoms with E-state index in [0.717, 1.165) is 19.4 Å². The van der Waals surface area contributed by atoms with Crippen LogP contribution in [0.15, 0.2) is 17.1 Å². The molecule has 0 aromatic carbocycles. The van der Waals surface area contributed by atoms with Crippen LogP contribution in [0.3, 0.4) is 0 Å². The average Bonchev–Trinajstić information content (AvgIpc) is 2.77. The molecule has 5 nitrogen and oxygen atoms in total. The fourth-order valence-corrected chi connectivity index (χ4v) is 2.81. The SMILES string of the molecule is CCC1C[C@@H](C(=O)Nc2cn(C)c(=O)cc2Cl)N(C)C1. The van der Waals surface area contributed by atoms with Gasteiger partial charge in [0.25, 0.3) is 5.56 Å². The lowest BCUT2D eigenvalue weighted by Gasteiger charge is -2.19. The van der Waals surface area contributed by atoms with Crippen molar-refractivity contribution in [3.63, 3.8) is 0 Å². The Morgan fingerprint density at radius 2 is 2.20 bits per heavy atom. The predicted octanol–water partition coefficient (Wildman–Crippen LogP) is 1.71. The van der Waals surface area contributed by atoms with Gasteiger partial charge in [-0.25, -0.2) is 0 Å². The zero-order valence-corrected chi connectivity index (χ0v) is 12.8. The Labute approximate surface area is 123 Å². The van der Waals surface area contributed by atoms with Gasteiger partial charge in [0, 0.05) is 25.9 Å². The summed E-state index contributed by atoms with van der Waals surface area (Å²) in [5.74, 6) is 0.496. The highest BCUT2D eigenvalue weighted by atomic mass is 35.5. The second kappa shape index (κ2) is 5.97. The third-order valence-electron chi connectivity index (χ3n) is 3.95. The fraction of sp³-hybridized carbons (Fsp3) is 0.571. The number of likely N-dealkylation sites (N-methyl/N-ethyl adjacent to an activating group) is 1. The monoisotopic (exact) mass is 297 g/mol. The van der Waals surface area contributed by atoms with Gasteiger partial charge in [-0.2, -0.15) is 0 Å². The number of aromatic nitrogens is 1. The molecular formula is C14H20ClN3O2. The maximum atomic E-state index is 12.3. The van der Waals surface area contributed by atoms with Crippen LogP contribution in [0.1, 0.15) is 19.8 Å². The van der Waals surface area contributed by atoms with E-state index in [-0.39, 0.29) is 22.5 Å². The summed E-state index contributed by atoms with van der Waals surface area (Å²) < 4.78 is 1.40. The van der Waals surface area contributed by atoms with Gasteiger partial charge in [-0.3, -0.25) is 14.5 Å². The first kappa shape index (κ1) is 15.1. The summed E-state index contributed by atoms with van der Waals surface area (Å²) in [4.78, 5) is 25.8. The third kappa shape index (κ3) is 3.04. The fourth-order valence-electron chi connectivity index (χ4n) is 2.62. The second-order valence-electron chi connectivity index (χ2n) is 5.44. The summed E-state index contributed by atoms with van der Waals surface area (Å²) in [6.07, 6.45) is 3.49. The maximum absolute atomic E-state index is 12.3. The van der Waals surface area contributed by atoms with Crippen LogP contribution in [0.2, 0.25) is 5.02 Å². The van der Waals surface area contributed by atoms with Crippen LogP contribution in [-0.4, -0.2) is 35.0 Å². The Hall–Kier alpha value is -1.33. The molecule has 1 aliphatic heterocycles. The molecule has 0 aliphatic carbocycles. The van der Waals surface area contributed by atoms with E-state index in [1.54, 1.807) is 13.2 Å². The minimum Gasteiger partial charge on any atom is -0.322 e. The highest BCUT2D eigenvalue weighted by molar-refractivity contribution is 6.33. The van der Waals surface area contributed by atoms with Gasteiger partial charge in [0.15, 0.2) is 0 Å². The summed E-state index contributed by atoms with van der Waals surface area (Å²) >= 11 is 6.00. The molecule has 1 aliphatic rings. The van der Waals surface area contributed by atoms with Gasteiger partial charge in [-0.1, -0.05) is 24.9 Å². The molecule has 1 unspecified atom stereocenters. The second-order valence-corrected chi connectivity index (χ2v) is 5.85. The average molecular weight is 298 g/mol. The number of amides is 1. The van der Waals surface area contributed by atoms with Crippen molar-refractivity contribution in [3.8, 4) is 0 Å². The van der Waals surface area contributed by atoms with Crippen molar-refractivity contribution >= 4 is 23.2 Å². The van der Waals surface area contributed by atoms with E-state index in [1.165, 1.54) is 10.6 Å². The molecule has 1 fully saturated rings. The molecule has 0 bridgehead atoms. The maximum Gasteiger partial charge on any atom is 0.251 e. The number of carbonyl (C=O) groups is 1. The molecule has 2 heterocycles. The molecule has 0 spiro atoms. The Morgan fingerprint density at radius 1 is 1.50 bits per heavy atom. The lowest BCUT2D eigenvalue weighted by molar-refractivity contribution is -0.119. The molecule has 2 rings (SSSR count). The third-order valence-corrected chi connectivity index (χ3v) is 4.26. The molecule has 1 aromatic heterocycles. The van der Waals surface area contributed by atoms with Crippen molar-refractivity contribution in [3.05, 3.63) is 27.6 Å². The smallest absolute Gasteiger partial charge is 0.251 e. The number of nitrogens with one attached hydrogen (secondary N) is 1. The highest BCUT2D eigenvalue weighted by Crippen LogP contribution is 2.26. The number of pyridine rings is 1. The predicted molar refractivity (Wildman–Crippen MR) is 80.1 cm³/mol. The molecule has 2 atom stereocenters. The Kier molecular flexibility index (Phi) is 4.50. The van der Waals surface area contributed by atoms with Gasteiger partial charge >= 0.3 is 0 Å². The van der Waals surface area contributed by atoms with Gasteiger partial charge in [0.1, 0.15) is 0 Å². The topological polar surface area (TPSA) is 54.3 Å². The van der Waals surface area contributed by atoms with Crippen molar-refractivity contribution in [1.29, 1.82) is 0 Å². The van der Waals surface area contributed by atoms with Crippen LogP contribution in [0.25, 0.3) is 0 Å². The number of rotatable bonds is 3. The van der Waals surface area contributed by atoms with Crippen LogP contribution in [-0.2, 0) is 11.8 Å². The molecule has 0 saturated carbocycles. The summed E-state index contributed by atoms with van der Waals surface area (Å²) in [6, 6.07) is 1.18. The number of aryl methyl sites for hydroxylation is 1. The lowest BCUT2D eigenvalue weighted by atomic mass is 10.0. The van der Waals surface area contributed by atoms with Crippen LogP contribution < -0.4 is 10.9 Å². The molecule has 6 heteroatoms. The first-order valence-electron chi connectivity index (χ1n) is 6.79. The van der Waals surface area contributed by atoms with E-state index in [4.69, 9.17) is 11.6 Å². The van der Waals surface area contributed by atoms with Crippen molar-refractivity contribution < 1.29 is 4.79 Å². The van der Waals surface area contributed by atoms with Crippen molar-refractivity contribution in [2.24, 2.45) is 13.0 Å². The van der Waals surface area contributed by atoms with Gasteiger partial charge in [0.2, 0.25) is 5.91 Å². The summed E-state index contributed by atoms with van der Waals surface area (Å²) in [5, 5.41) is 3.10. The van der Waals surface area contributed by atoms with E-state index in [9.17, 15) is 9.59 Å². The largest absolute Gasteiger partial charge is 0.322 e. The van der Waals surface area contributed by atoms with Crippen LogP contribution in [0.4, 0.5) is 5.69 Å². The van der Waals surface area contributed by atoms with Gasteiger partial charge in [-0.15, -0.1) is 0 Å². The molecule has 110 valence electrons. The number of hydrogen-bond donors (Lipinski definition) is 1. The quantitative estimate of drug-likeness (QED) is 0.924. The van der Waals surface area contributed by atoms with Gasteiger partial charge in [-0.05, 0) is 19.4 Å². The number of hydrogen-bond acceptors (Lipinski definition) is 3. The molecule has 20 heavy (non-hydrogen) atoms. The standard InChI is InChI=1S/C14H20ClN3O2/c1-4-9-5-12(17(2)7-9)14(20)16-11-8-18(3)13(19)6-10(11)15/h6,8-9,12H,4-5,7H2,1-3H3,(H,16,20)/t9?,12-/m0/s1. The zero-order chi connectivity index (χ0) is 14.9. The summed E-state index contributed by atoms with van der Waals surface area (Å²) in [5.41, 5.74) is 0.282. The highest BCUT2D eigenvalue weighted by Gasteiger charge is 2.33. The van der Waals surface area contributed by atoms with Crippen LogP contribution in [0.5, 0.6) is 0 Å². The Morgan fingerprint density at radius 3 is 2.80 bits per heavy atom. The molecule has 1 amide bonds. The Balaban J connectivity index is 2.12. The van der Waals surface area contributed by atoms with Crippen molar-refractivity contribution in [2.75, 3.05) is 18.9 Å². The van der Waals surface area contributed by atoms with Crippen LogP contribution in [0, 0.1) is 5.92 Å².